The van der Waals surface area contributed by atoms with Crippen molar-refractivity contribution in [1.29, 1.82) is 0 Å². The Morgan fingerprint density at radius 2 is 2.06 bits per heavy atom. The second kappa shape index (κ2) is 3.53. The maximum absolute atomic E-state index is 10.9. The molecule has 0 fully saturated rings. The molecular formula is C9H6O6S. The number of hydrogen-bond donors (Lipinski definition) is 2. The molecule has 0 aliphatic rings. The topological polar surface area (TPSA) is 97.0 Å². The van der Waals surface area contributed by atoms with E-state index in [2.05, 4.69) is 0 Å². The fraction of sp³-hybridized carbons (Fsp3) is 0.111. The van der Waals surface area contributed by atoms with Gasteiger partial charge in [-0.2, -0.15) is 0 Å². The van der Waals surface area contributed by atoms with Crippen LogP contribution in [0.2, 0.25) is 0 Å². The predicted octanol–water partition coefficient (Wildman–Crippen LogP) is 1.90. The van der Waals surface area contributed by atoms with E-state index in [0.717, 1.165) is 11.3 Å². The first kappa shape index (κ1) is 10.5. The molecule has 0 atom stereocenters. The van der Waals surface area contributed by atoms with Crippen molar-refractivity contribution in [3.8, 4) is 5.75 Å². The van der Waals surface area contributed by atoms with Gasteiger partial charge in [0.05, 0.1) is 12.5 Å². The van der Waals surface area contributed by atoms with E-state index >= 15 is 0 Å². The van der Waals surface area contributed by atoms with Crippen LogP contribution in [-0.4, -0.2) is 29.3 Å². The van der Waals surface area contributed by atoms with Crippen LogP contribution in [-0.2, 0) is 0 Å². The average Bonchev–Trinajstić information content (AvgIpc) is 2.73. The molecule has 2 rings (SSSR count). The third-order valence-corrected chi connectivity index (χ3v) is 2.94. The maximum Gasteiger partial charge on any atom is 0.375 e. The highest BCUT2D eigenvalue weighted by molar-refractivity contribution is 7.13. The highest BCUT2D eigenvalue weighted by Crippen LogP contribution is 2.38. The first-order chi connectivity index (χ1) is 7.56. The zero-order valence-electron chi connectivity index (χ0n) is 8.01. The molecule has 6 nitrogen and oxygen atoms in total. The number of thiophene rings is 1. The van der Waals surface area contributed by atoms with Crippen LogP contribution < -0.4 is 4.74 Å². The molecule has 16 heavy (non-hydrogen) atoms. The van der Waals surface area contributed by atoms with E-state index < -0.39 is 11.9 Å². The van der Waals surface area contributed by atoms with Crippen LogP contribution in [0.15, 0.2) is 9.80 Å². The van der Waals surface area contributed by atoms with Crippen LogP contribution in [0.1, 0.15) is 20.2 Å². The van der Waals surface area contributed by atoms with Gasteiger partial charge in [0.1, 0.15) is 4.88 Å². The highest BCUT2D eigenvalue weighted by Gasteiger charge is 2.26. The van der Waals surface area contributed by atoms with Gasteiger partial charge in [0.2, 0.25) is 0 Å². The molecule has 2 N–H and O–H groups in total. The van der Waals surface area contributed by atoms with Gasteiger partial charge in [0, 0.05) is 5.38 Å². The van der Waals surface area contributed by atoms with Crippen molar-refractivity contribution in [3.05, 3.63) is 16.0 Å². The first-order valence-electron chi connectivity index (χ1n) is 4.10. The van der Waals surface area contributed by atoms with Crippen molar-refractivity contribution in [2.45, 2.75) is 0 Å². The van der Waals surface area contributed by atoms with Crippen molar-refractivity contribution in [2.75, 3.05) is 7.11 Å². The van der Waals surface area contributed by atoms with E-state index in [1.807, 2.05) is 0 Å². The Morgan fingerprint density at radius 3 is 2.56 bits per heavy atom. The Bertz CT molecular complexity index is 578. The number of rotatable bonds is 3. The summed E-state index contributed by atoms with van der Waals surface area (Å²) in [5.41, 5.74) is 0.205. The Morgan fingerprint density at radius 1 is 1.38 bits per heavy atom. The van der Waals surface area contributed by atoms with Gasteiger partial charge >= 0.3 is 11.9 Å². The molecule has 0 radical (unpaired) electrons. The van der Waals surface area contributed by atoms with Gasteiger partial charge in [0.25, 0.3) is 5.76 Å². The quantitative estimate of drug-likeness (QED) is 0.853. The number of ether oxygens (including phenoxy) is 1. The lowest BCUT2D eigenvalue weighted by Crippen LogP contribution is -1.98. The van der Waals surface area contributed by atoms with Crippen LogP contribution in [0.4, 0.5) is 0 Å². The standard InChI is InChI=1S/C9H6O6S/c1-14-5-4-3(15-6(5)8(10)11)2-16-7(4)9(12)13/h2H,1H3,(H,10,11)(H,12,13). The number of carbonyl (C=O) groups is 2. The van der Waals surface area contributed by atoms with Crippen LogP contribution in [0.3, 0.4) is 0 Å². The number of hydrogen-bond acceptors (Lipinski definition) is 5. The molecule has 2 heterocycles. The normalized spacial score (nSPS) is 10.6. The Kier molecular flexibility index (Phi) is 2.31. The number of methoxy groups -OCH3 is 1. The monoisotopic (exact) mass is 242 g/mol. The van der Waals surface area contributed by atoms with E-state index in [-0.39, 0.29) is 27.4 Å². The van der Waals surface area contributed by atoms with E-state index in [4.69, 9.17) is 19.4 Å². The van der Waals surface area contributed by atoms with Crippen LogP contribution in [0.5, 0.6) is 5.75 Å². The Hall–Kier alpha value is -2.02. The molecule has 0 saturated heterocycles. The first-order valence-corrected chi connectivity index (χ1v) is 4.98. The SMILES string of the molecule is COc1c(C(=O)O)oc2csc(C(=O)O)c12. The van der Waals surface area contributed by atoms with Gasteiger partial charge in [-0.1, -0.05) is 0 Å². The molecule has 0 saturated carbocycles. The van der Waals surface area contributed by atoms with Gasteiger partial charge in [0.15, 0.2) is 11.3 Å². The molecule has 7 heteroatoms. The van der Waals surface area contributed by atoms with E-state index in [0.29, 0.717) is 0 Å². The highest BCUT2D eigenvalue weighted by atomic mass is 32.1. The summed E-state index contributed by atoms with van der Waals surface area (Å²) in [6.07, 6.45) is 0. The molecular weight excluding hydrogens is 236 g/mol. The number of fused-ring (bicyclic) bond motifs is 1. The van der Waals surface area contributed by atoms with E-state index in [9.17, 15) is 9.59 Å². The fourth-order valence-corrected chi connectivity index (χ4v) is 2.20. The van der Waals surface area contributed by atoms with Gasteiger partial charge in [-0.15, -0.1) is 11.3 Å². The minimum atomic E-state index is -1.30. The predicted molar refractivity (Wildman–Crippen MR) is 54.6 cm³/mol. The number of carboxylic acids is 2. The zero-order chi connectivity index (χ0) is 11.9. The largest absolute Gasteiger partial charge is 0.492 e. The molecule has 0 bridgehead atoms. The van der Waals surface area contributed by atoms with Gasteiger partial charge < -0.3 is 19.4 Å². The molecule has 0 unspecified atom stereocenters. The van der Waals surface area contributed by atoms with Crippen molar-refractivity contribution in [1.82, 2.24) is 0 Å². The van der Waals surface area contributed by atoms with Crippen LogP contribution in [0.25, 0.3) is 11.0 Å². The van der Waals surface area contributed by atoms with Crippen molar-refractivity contribution >= 4 is 34.2 Å². The third kappa shape index (κ3) is 1.33. The molecule has 84 valence electrons. The molecule has 0 amide bonds. The van der Waals surface area contributed by atoms with Gasteiger partial charge in [-0.25, -0.2) is 9.59 Å². The Labute approximate surface area is 92.7 Å². The summed E-state index contributed by atoms with van der Waals surface area (Å²) in [5, 5.41) is 19.4. The lowest BCUT2D eigenvalue weighted by atomic mass is 10.2. The summed E-state index contributed by atoms with van der Waals surface area (Å²) in [4.78, 5) is 21.7. The lowest BCUT2D eigenvalue weighted by molar-refractivity contribution is 0.0657. The van der Waals surface area contributed by atoms with E-state index in [1.54, 1.807) is 0 Å². The summed E-state index contributed by atoms with van der Waals surface area (Å²) in [7, 11) is 1.26. The summed E-state index contributed by atoms with van der Waals surface area (Å²) in [6, 6.07) is 0. The number of furan rings is 1. The fourth-order valence-electron chi connectivity index (χ4n) is 1.40. The molecule has 0 aliphatic heterocycles. The number of carboxylic acid groups (broad SMARTS) is 2. The maximum atomic E-state index is 10.9. The molecule has 0 aliphatic carbocycles. The van der Waals surface area contributed by atoms with Crippen LogP contribution >= 0.6 is 11.3 Å². The number of aromatic carboxylic acids is 2. The average molecular weight is 242 g/mol. The lowest BCUT2D eigenvalue weighted by Gasteiger charge is -1.97. The molecule has 2 aromatic rings. The van der Waals surface area contributed by atoms with Crippen molar-refractivity contribution in [3.63, 3.8) is 0 Å². The minimum Gasteiger partial charge on any atom is -0.492 e. The zero-order valence-corrected chi connectivity index (χ0v) is 8.83. The third-order valence-electron chi connectivity index (χ3n) is 2.00. The van der Waals surface area contributed by atoms with Crippen molar-refractivity contribution < 1.29 is 29.0 Å². The second-order valence-corrected chi connectivity index (χ2v) is 3.76. The summed E-state index contributed by atoms with van der Waals surface area (Å²) in [5.74, 6) is -2.88. The van der Waals surface area contributed by atoms with E-state index in [1.165, 1.54) is 12.5 Å². The van der Waals surface area contributed by atoms with Crippen molar-refractivity contribution in [2.24, 2.45) is 0 Å². The smallest absolute Gasteiger partial charge is 0.375 e. The Balaban J connectivity index is 2.81. The van der Waals surface area contributed by atoms with Gasteiger partial charge in [-0.3, -0.25) is 0 Å². The molecule has 0 spiro atoms. The summed E-state index contributed by atoms with van der Waals surface area (Å²) < 4.78 is 9.88. The summed E-state index contributed by atoms with van der Waals surface area (Å²) in [6.45, 7) is 0. The molecule has 2 aromatic heterocycles. The minimum absolute atomic E-state index is 0.00287. The van der Waals surface area contributed by atoms with Gasteiger partial charge in [-0.05, 0) is 0 Å². The van der Waals surface area contributed by atoms with Crippen LogP contribution in [0, 0.1) is 0 Å². The molecule has 0 aromatic carbocycles. The summed E-state index contributed by atoms with van der Waals surface area (Å²) >= 11 is 0.961. The second-order valence-electron chi connectivity index (χ2n) is 2.88.